The molecule has 0 unspecified atom stereocenters. The lowest BCUT2D eigenvalue weighted by Gasteiger charge is -2.12. The molecule has 5 nitrogen and oxygen atoms in total. The number of benzene rings is 1. The fraction of sp³-hybridized carbons (Fsp3) is 0.462. The number of aliphatic hydroxyl groups is 1. The lowest BCUT2D eigenvalue weighted by molar-refractivity contribution is -0.0504. The van der Waals surface area contributed by atoms with Gasteiger partial charge in [-0.1, -0.05) is 18.2 Å². The number of hydrogen-bond acceptors (Lipinski definition) is 3. The summed E-state index contributed by atoms with van der Waals surface area (Å²) in [4.78, 5) is 4.25. The smallest absolute Gasteiger partial charge is 0.387 e. The number of halogens is 2. The second kappa shape index (κ2) is 9.08. The quantitative estimate of drug-likeness (QED) is 0.523. The highest BCUT2D eigenvalue weighted by molar-refractivity contribution is 5.79. The summed E-state index contributed by atoms with van der Waals surface area (Å²) in [7, 11) is 0. The van der Waals surface area contributed by atoms with Crippen LogP contribution in [-0.2, 0) is 6.54 Å². The van der Waals surface area contributed by atoms with E-state index in [1.54, 1.807) is 18.2 Å². The van der Waals surface area contributed by atoms with Crippen molar-refractivity contribution in [3.63, 3.8) is 0 Å². The van der Waals surface area contributed by atoms with Crippen LogP contribution in [0.1, 0.15) is 12.5 Å². The molecule has 0 heterocycles. The van der Waals surface area contributed by atoms with E-state index in [1.807, 2.05) is 6.92 Å². The van der Waals surface area contributed by atoms with Crippen molar-refractivity contribution in [2.24, 2.45) is 4.99 Å². The zero-order valence-electron chi connectivity index (χ0n) is 11.3. The van der Waals surface area contributed by atoms with Crippen LogP contribution in [0.2, 0.25) is 0 Å². The molecule has 112 valence electrons. The van der Waals surface area contributed by atoms with Gasteiger partial charge < -0.3 is 20.5 Å². The van der Waals surface area contributed by atoms with Gasteiger partial charge in [-0.25, -0.2) is 4.99 Å². The van der Waals surface area contributed by atoms with Crippen molar-refractivity contribution in [3.8, 4) is 5.75 Å². The zero-order chi connectivity index (χ0) is 14.8. The summed E-state index contributed by atoms with van der Waals surface area (Å²) in [5, 5.41) is 14.7. The van der Waals surface area contributed by atoms with Crippen molar-refractivity contribution in [3.05, 3.63) is 29.8 Å². The largest absolute Gasteiger partial charge is 0.434 e. The van der Waals surface area contributed by atoms with E-state index in [0.29, 0.717) is 24.6 Å². The van der Waals surface area contributed by atoms with E-state index >= 15 is 0 Å². The molecule has 0 saturated carbocycles. The average molecular weight is 287 g/mol. The van der Waals surface area contributed by atoms with Gasteiger partial charge >= 0.3 is 6.61 Å². The second-order valence-electron chi connectivity index (χ2n) is 3.83. The van der Waals surface area contributed by atoms with Crippen LogP contribution < -0.4 is 15.4 Å². The molecule has 1 rings (SSSR count). The molecule has 0 aliphatic rings. The van der Waals surface area contributed by atoms with Gasteiger partial charge in [0.25, 0.3) is 0 Å². The molecule has 0 radical (unpaired) electrons. The predicted octanol–water partition coefficient (Wildman–Crippen LogP) is 1.34. The van der Waals surface area contributed by atoms with E-state index in [-0.39, 0.29) is 18.9 Å². The van der Waals surface area contributed by atoms with Crippen LogP contribution in [-0.4, -0.2) is 37.4 Å². The number of hydrogen-bond donors (Lipinski definition) is 3. The topological polar surface area (TPSA) is 65.9 Å². The SMILES string of the molecule is CCNC(=NCc1ccccc1OC(F)F)NCCO. The Morgan fingerprint density at radius 2 is 2.10 bits per heavy atom. The average Bonchev–Trinajstić information content (AvgIpc) is 2.42. The molecule has 0 atom stereocenters. The minimum Gasteiger partial charge on any atom is -0.434 e. The third-order valence-electron chi connectivity index (χ3n) is 2.34. The van der Waals surface area contributed by atoms with Crippen LogP contribution in [0.15, 0.2) is 29.3 Å². The van der Waals surface area contributed by atoms with Gasteiger partial charge in [-0.2, -0.15) is 8.78 Å². The Balaban J connectivity index is 2.74. The zero-order valence-corrected chi connectivity index (χ0v) is 11.3. The van der Waals surface area contributed by atoms with E-state index in [4.69, 9.17) is 5.11 Å². The summed E-state index contributed by atoms with van der Waals surface area (Å²) in [5.74, 6) is 0.623. The van der Waals surface area contributed by atoms with Crippen molar-refractivity contribution in [1.82, 2.24) is 10.6 Å². The fourth-order valence-corrected chi connectivity index (χ4v) is 1.53. The summed E-state index contributed by atoms with van der Waals surface area (Å²) in [6, 6.07) is 6.51. The molecule has 0 aliphatic heterocycles. The number of aliphatic hydroxyl groups excluding tert-OH is 1. The maximum absolute atomic E-state index is 12.3. The van der Waals surface area contributed by atoms with E-state index in [0.717, 1.165) is 0 Å². The molecule has 0 amide bonds. The predicted molar refractivity (Wildman–Crippen MR) is 73.0 cm³/mol. The third-order valence-corrected chi connectivity index (χ3v) is 2.34. The van der Waals surface area contributed by atoms with Gasteiger partial charge in [-0.15, -0.1) is 0 Å². The Kier molecular flexibility index (Phi) is 7.34. The Morgan fingerprint density at radius 3 is 2.75 bits per heavy atom. The van der Waals surface area contributed by atoms with E-state index in [2.05, 4.69) is 20.4 Å². The van der Waals surface area contributed by atoms with Crippen LogP contribution >= 0.6 is 0 Å². The van der Waals surface area contributed by atoms with Crippen molar-refractivity contribution in [2.45, 2.75) is 20.1 Å². The summed E-state index contributed by atoms with van der Waals surface area (Å²) >= 11 is 0. The van der Waals surface area contributed by atoms with Crippen LogP contribution in [0.3, 0.4) is 0 Å². The van der Waals surface area contributed by atoms with Crippen molar-refractivity contribution in [2.75, 3.05) is 19.7 Å². The molecule has 1 aromatic rings. The number of nitrogens with zero attached hydrogens (tertiary/aromatic N) is 1. The van der Waals surface area contributed by atoms with Crippen LogP contribution in [0, 0.1) is 0 Å². The summed E-state index contributed by atoms with van der Waals surface area (Å²) in [6.07, 6.45) is 0. The number of nitrogens with one attached hydrogen (secondary N) is 2. The van der Waals surface area contributed by atoms with E-state index in [9.17, 15) is 8.78 Å². The van der Waals surface area contributed by atoms with Gasteiger partial charge in [0.05, 0.1) is 13.2 Å². The molecular weight excluding hydrogens is 268 g/mol. The van der Waals surface area contributed by atoms with Gasteiger partial charge in [0.2, 0.25) is 0 Å². The molecule has 7 heteroatoms. The first-order valence-corrected chi connectivity index (χ1v) is 6.33. The first-order valence-electron chi connectivity index (χ1n) is 6.33. The highest BCUT2D eigenvalue weighted by atomic mass is 19.3. The number of aliphatic imine (C=N–C) groups is 1. The molecule has 0 spiro atoms. The molecule has 0 aromatic heterocycles. The lowest BCUT2D eigenvalue weighted by Crippen LogP contribution is -2.38. The van der Waals surface area contributed by atoms with Crippen LogP contribution in [0.5, 0.6) is 5.75 Å². The van der Waals surface area contributed by atoms with Gasteiger partial charge in [0, 0.05) is 18.7 Å². The minimum atomic E-state index is -2.86. The fourth-order valence-electron chi connectivity index (χ4n) is 1.53. The molecule has 20 heavy (non-hydrogen) atoms. The Bertz CT molecular complexity index is 428. The van der Waals surface area contributed by atoms with Crippen molar-refractivity contribution < 1.29 is 18.6 Å². The minimum absolute atomic E-state index is 0.0184. The van der Waals surface area contributed by atoms with Gasteiger partial charge in [-0.3, -0.25) is 0 Å². The lowest BCUT2D eigenvalue weighted by atomic mass is 10.2. The molecule has 0 aliphatic carbocycles. The Hall–Kier alpha value is -1.89. The molecule has 1 aromatic carbocycles. The molecular formula is C13H19F2N3O2. The maximum Gasteiger partial charge on any atom is 0.387 e. The first-order chi connectivity index (χ1) is 9.67. The Morgan fingerprint density at radius 1 is 1.35 bits per heavy atom. The van der Waals surface area contributed by atoms with Crippen LogP contribution in [0.4, 0.5) is 8.78 Å². The Labute approximate surface area is 116 Å². The van der Waals surface area contributed by atoms with Gasteiger partial charge in [-0.05, 0) is 13.0 Å². The molecule has 0 fully saturated rings. The highest BCUT2D eigenvalue weighted by Crippen LogP contribution is 2.20. The normalized spacial score (nSPS) is 11.6. The first kappa shape index (κ1) is 16.2. The molecule has 0 saturated heterocycles. The molecule has 0 bridgehead atoms. The van der Waals surface area contributed by atoms with Crippen molar-refractivity contribution >= 4 is 5.96 Å². The summed E-state index contributed by atoms with van der Waals surface area (Å²) in [6.45, 7) is 0.247. The molecule has 3 N–H and O–H groups in total. The van der Waals surface area contributed by atoms with E-state index in [1.165, 1.54) is 6.07 Å². The standard InChI is InChI=1S/C13H19F2N3O2/c1-2-16-13(17-7-8-19)18-9-10-5-3-4-6-11(10)20-12(14)15/h3-6,12,19H,2,7-9H2,1H3,(H2,16,17,18). The van der Waals surface area contributed by atoms with Crippen molar-refractivity contribution in [1.29, 1.82) is 0 Å². The number of ether oxygens (including phenoxy) is 1. The van der Waals surface area contributed by atoms with Gasteiger partial charge in [0.1, 0.15) is 5.75 Å². The number of rotatable bonds is 7. The van der Waals surface area contributed by atoms with E-state index < -0.39 is 6.61 Å². The maximum atomic E-state index is 12.3. The van der Waals surface area contributed by atoms with Crippen LogP contribution in [0.25, 0.3) is 0 Å². The second-order valence-corrected chi connectivity index (χ2v) is 3.83. The van der Waals surface area contributed by atoms with Gasteiger partial charge in [0.15, 0.2) is 5.96 Å². The third kappa shape index (κ3) is 5.83. The monoisotopic (exact) mass is 287 g/mol. The number of para-hydroxylation sites is 1. The number of guanidine groups is 1. The number of alkyl halides is 2. The highest BCUT2D eigenvalue weighted by Gasteiger charge is 2.08. The summed E-state index contributed by atoms with van der Waals surface area (Å²) < 4.78 is 29.0. The summed E-state index contributed by atoms with van der Waals surface area (Å²) in [5.41, 5.74) is 0.564.